The number of pyridine rings is 2. The number of nitrogens with one attached hydrogen (secondary N) is 8. The maximum Gasteiger partial charge on any atom is 0.296 e. The lowest BCUT2D eigenvalue weighted by Crippen LogP contribution is -2.37. The van der Waals surface area contributed by atoms with E-state index < -0.39 is 0 Å². The van der Waals surface area contributed by atoms with E-state index in [0.717, 1.165) is 125 Å². The molecule has 16 N–H and O–H groups in total. The second-order valence-corrected chi connectivity index (χ2v) is 36.2. The van der Waals surface area contributed by atoms with Gasteiger partial charge in [-0.25, -0.2) is 78.5 Å². The van der Waals surface area contributed by atoms with E-state index >= 15 is 0 Å². The number of fused-ring (bicyclic) bond motifs is 4. The fourth-order valence-corrected chi connectivity index (χ4v) is 19.2. The van der Waals surface area contributed by atoms with Crippen LogP contribution in [0.15, 0.2) is 220 Å². The molecule has 4 aliphatic carbocycles. The van der Waals surface area contributed by atoms with Crippen LogP contribution >= 0.6 is 22.7 Å². The molecule has 0 spiro atoms. The van der Waals surface area contributed by atoms with Crippen LogP contribution in [0.1, 0.15) is 182 Å². The van der Waals surface area contributed by atoms with Crippen molar-refractivity contribution in [3.63, 3.8) is 0 Å². The van der Waals surface area contributed by atoms with Crippen molar-refractivity contribution in [2.45, 2.75) is 165 Å². The molecular weight excluding hydrogens is 1870 g/mol. The van der Waals surface area contributed by atoms with Crippen molar-refractivity contribution in [2.24, 2.45) is 0 Å². The number of amides is 8. The van der Waals surface area contributed by atoms with Crippen LogP contribution in [0.25, 0.3) is 89.2 Å². The first-order valence-electron chi connectivity index (χ1n) is 46.7. The summed E-state index contributed by atoms with van der Waals surface area (Å²) in [6, 6.07) is 40.3. The molecule has 16 aromatic rings. The van der Waals surface area contributed by atoms with Gasteiger partial charge in [0, 0.05) is 104 Å². The number of hydrogen-bond acceptors (Lipinski definition) is 30. The van der Waals surface area contributed by atoms with Crippen molar-refractivity contribution in [3.8, 4) is 68.7 Å². The molecule has 0 unspecified atom stereocenters. The maximum atomic E-state index is 12.6. The van der Waals surface area contributed by atoms with E-state index in [1.54, 1.807) is 122 Å². The molecule has 42 heteroatoms. The van der Waals surface area contributed by atoms with Crippen LogP contribution in [0.3, 0.4) is 0 Å². The van der Waals surface area contributed by atoms with Gasteiger partial charge < -0.3 is 54.8 Å². The number of anilines is 8. The van der Waals surface area contributed by atoms with E-state index in [4.69, 9.17) is 43.3 Å². The number of nitrogens with zero attached hydrogens (tertiary/aromatic N) is 20. The Balaban J connectivity index is 0.000000132. The SMILES string of the molecule is C=CC(=O)NC1CCC(n2nc(-c3ccc(C(=O)Nc4ccccn4)cc3)c3c(N)ncnc32)CC1.C=CC(=O)NC1CCC(n2nc(-c3ccc(C(=O)Nc4nccs4)cc3)c3c(N)ncnc32)CC1.CC#CC(=O)NC1CCC(n2nc(-c3ccc(C(=O)Nc4ccccn4)cc3)c3c(N)ncnc32)CC1.CC#CC(=O)NC1CCC(n2nc(-c3ccc(C(=O)Nc4nccs4)cc3)c3c(N)ncnc32)CC1. The molecule has 0 atom stereocenters. The zero-order valence-electron chi connectivity index (χ0n) is 78.3. The Labute approximate surface area is 832 Å². The second kappa shape index (κ2) is 45.4. The molecule has 4 aromatic carbocycles. The number of aromatic nitrogens is 20. The van der Waals surface area contributed by atoms with Gasteiger partial charge in [-0.3, -0.25) is 49.0 Å². The molecule has 0 radical (unpaired) electrons. The van der Waals surface area contributed by atoms with Crippen LogP contribution in [0.2, 0.25) is 0 Å². The van der Waals surface area contributed by atoms with Crippen molar-refractivity contribution < 1.29 is 38.4 Å². The molecule has 4 fully saturated rings. The fourth-order valence-electron chi connectivity index (χ4n) is 18.1. The van der Waals surface area contributed by atoms with Crippen molar-refractivity contribution in [3.05, 3.63) is 242 Å². The van der Waals surface area contributed by atoms with Crippen LogP contribution < -0.4 is 65.5 Å². The topological polar surface area (TPSA) is 563 Å². The molecule has 144 heavy (non-hydrogen) atoms. The Morgan fingerprint density at radius 1 is 0.326 bits per heavy atom. The van der Waals surface area contributed by atoms with Gasteiger partial charge in [-0.1, -0.05) is 85.7 Å². The Bertz CT molecular complexity index is 7520. The predicted octanol–water partition coefficient (Wildman–Crippen LogP) is 13.8. The Morgan fingerprint density at radius 3 is 0.826 bits per heavy atom. The summed E-state index contributed by atoms with van der Waals surface area (Å²) in [6.45, 7) is 10.3. The third-order valence-electron chi connectivity index (χ3n) is 25.3. The Kier molecular flexibility index (Phi) is 30.9. The van der Waals surface area contributed by atoms with Gasteiger partial charge in [0.15, 0.2) is 32.9 Å². The van der Waals surface area contributed by atoms with Crippen LogP contribution in [-0.4, -0.2) is 170 Å². The van der Waals surface area contributed by atoms with E-state index in [0.29, 0.717) is 134 Å². The third kappa shape index (κ3) is 23.0. The highest BCUT2D eigenvalue weighted by molar-refractivity contribution is 7.14. The van der Waals surface area contributed by atoms with Gasteiger partial charge in [0.25, 0.3) is 35.4 Å². The lowest BCUT2D eigenvalue weighted by molar-refractivity contribution is -0.118. The molecule has 12 heterocycles. The number of nitrogen functional groups attached to an aromatic ring is 4. The number of carbonyl (C=O) groups is 8. The monoisotopic (exact) mass is 1960 g/mol. The summed E-state index contributed by atoms with van der Waals surface area (Å²) in [5.41, 5.74) is 35.7. The van der Waals surface area contributed by atoms with Crippen LogP contribution in [0.5, 0.6) is 0 Å². The number of benzene rings is 4. The number of nitrogens with two attached hydrogens (primary N) is 4. The van der Waals surface area contributed by atoms with Gasteiger partial charge in [0.2, 0.25) is 11.8 Å². The lowest BCUT2D eigenvalue weighted by atomic mass is 9.91. The molecule has 4 aliphatic rings. The normalized spacial score (nSPS) is 17.3. The number of rotatable bonds is 22. The lowest BCUT2D eigenvalue weighted by Gasteiger charge is -2.29. The molecular formula is C102H100N32O8S2. The largest absolute Gasteiger partial charge is 0.383 e. The van der Waals surface area contributed by atoms with Crippen LogP contribution in [-0.2, 0) is 19.2 Å². The minimum atomic E-state index is -0.253. The maximum absolute atomic E-state index is 12.6. The molecule has 0 bridgehead atoms. The second-order valence-electron chi connectivity index (χ2n) is 34.4. The molecule has 0 saturated heterocycles. The van der Waals surface area contributed by atoms with Gasteiger partial charge >= 0.3 is 0 Å². The predicted molar refractivity (Wildman–Crippen MR) is 550 cm³/mol. The minimum Gasteiger partial charge on any atom is -0.383 e. The molecule has 4 saturated carbocycles. The van der Waals surface area contributed by atoms with E-state index in [2.05, 4.69) is 139 Å². The summed E-state index contributed by atoms with van der Waals surface area (Å²) in [5.74, 6) is 11.0. The smallest absolute Gasteiger partial charge is 0.296 e. The average molecular weight is 1970 g/mol. The van der Waals surface area contributed by atoms with Crippen LogP contribution in [0.4, 0.5) is 45.2 Å². The summed E-state index contributed by atoms with van der Waals surface area (Å²) >= 11 is 2.72. The third-order valence-corrected chi connectivity index (χ3v) is 26.6. The highest BCUT2D eigenvalue weighted by Gasteiger charge is 2.34. The van der Waals surface area contributed by atoms with E-state index in [1.165, 1.54) is 60.1 Å². The van der Waals surface area contributed by atoms with Gasteiger partial charge in [-0.05, 0) is 213 Å². The highest BCUT2D eigenvalue weighted by atomic mass is 32.1. The van der Waals surface area contributed by atoms with Gasteiger partial charge in [-0.15, -0.1) is 22.7 Å². The molecule has 728 valence electrons. The van der Waals surface area contributed by atoms with E-state index in [-0.39, 0.29) is 95.6 Å². The fraction of sp³-hybridized carbons (Fsp3) is 0.255. The number of carbonyl (C=O) groups excluding carboxylic acids is 8. The number of thiazole rings is 2. The van der Waals surface area contributed by atoms with Crippen LogP contribution in [0, 0.1) is 23.7 Å². The summed E-state index contributed by atoms with van der Waals surface area (Å²) in [5, 5.41) is 50.1. The molecule has 12 aromatic heterocycles. The minimum absolute atomic E-state index is 0.0929. The first kappa shape index (κ1) is 97.8. The standard InChI is InChI=1S/C27H26N8O2.C26H26N8O2.C25H24N8O2S.C24H24N8O2S/c1-2-5-22(36)32-19-11-13-20(14-12-19)35-26-23(25(28)30-16-31-26)24(34-35)17-7-9-18(10-8-17)27(37)33-21-6-3-4-15-29-21;1-2-21(35)31-18-10-12-19(13-11-18)34-25-22(24(27)29-15-30-25)23(33-34)16-6-8-17(9-7-16)26(36)32-20-5-3-4-14-28-20;1-2-3-19(34)30-17-8-10-18(11-9-17)33-23-20(22(26)28-14-29-23)21(32-33)15-4-6-16(7-5-15)24(35)31-25-27-12-13-36-25;1-2-18(33)29-16-7-9-17(10-8-16)32-22-19(21(25)27-13-28-22)20(31-32)14-3-5-15(6-4-14)23(34)30-24-26-11-12-35-24/h3-4,6-10,15-16,19-20H,11-14H2,1H3,(H,32,36)(H2,28,30,31)(H,29,33,37);2-9,14-15,18-19H,1,10-13H2,(H,31,35)(H2,27,29,30)(H,28,32,36);4-7,12-14,17-18H,8-11H2,1H3,(H,30,34)(H2,26,28,29)(H,27,31,35);2-6,11-13,16-17H,1,7-10H2,(H,29,33)(H2,25,27,28)(H,26,30,34). The summed E-state index contributed by atoms with van der Waals surface area (Å²) in [7, 11) is 0. The quantitative estimate of drug-likeness (QED) is 0.0221. The average Bonchev–Trinajstić information content (AvgIpc) is 1.62. The highest BCUT2D eigenvalue weighted by Crippen LogP contribution is 2.42. The molecule has 20 rings (SSSR count). The Hall–Kier alpha value is -17.8. The van der Waals surface area contributed by atoms with Crippen molar-refractivity contribution in [2.75, 3.05) is 44.2 Å². The van der Waals surface area contributed by atoms with Gasteiger partial charge in [0.05, 0.1) is 45.7 Å². The van der Waals surface area contributed by atoms with Crippen molar-refractivity contribution >= 4 is 159 Å². The molecule has 40 nitrogen and oxygen atoms in total. The zero-order chi connectivity index (χ0) is 100. The zero-order valence-corrected chi connectivity index (χ0v) is 79.9. The summed E-state index contributed by atoms with van der Waals surface area (Å²) in [6.07, 6.45) is 28.2. The Morgan fingerprint density at radius 2 is 0.590 bits per heavy atom. The molecule has 0 aliphatic heterocycles. The number of hydrogen-bond donors (Lipinski definition) is 12. The van der Waals surface area contributed by atoms with E-state index in [9.17, 15) is 38.4 Å². The van der Waals surface area contributed by atoms with E-state index in [1.807, 2.05) is 79.4 Å². The van der Waals surface area contributed by atoms with Gasteiger partial charge in [-0.2, -0.15) is 20.4 Å². The summed E-state index contributed by atoms with van der Waals surface area (Å²) in [4.78, 5) is 148. The first-order valence-corrected chi connectivity index (χ1v) is 48.4. The summed E-state index contributed by atoms with van der Waals surface area (Å²) < 4.78 is 7.71. The molecule has 8 amide bonds. The van der Waals surface area contributed by atoms with Gasteiger partial charge in [0.1, 0.15) is 83.0 Å². The van der Waals surface area contributed by atoms with Crippen molar-refractivity contribution in [1.29, 1.82) is 0 Å². The van der Waals surface area contributed by atoms with Crippen molar-refractivity contribution in [1.82, 2.24) is 120 Å². The first-order chi connectivity index (χ1) is 70.1.